The number of esters is 1. The number of benzene rings is 2. The zero-order valence-corrected chi connectivity index (χ0v) is 16.1. The van der Waals surface area contributed by atoms with Crippen molar-refractivity contribution < 1.29 is 19.1 Å². The number of hydrogen-bond acceptors (Lipinski definition) is 4. The van der Waals surface area contributed by atoms with Crippen LogP contribution in [0.15, 0.2) is 54.6 Å². The minimum Gasteiger partial charge on any atom is -0.452 e. The van der Waals surface area contributed by atoms with Crippen LogP contribution >= 0.6 is 0 Å². The zero-order chi connectivity index (χ0) is 20.1. The molecule has 2 aromatic rings. The molecule has 0 aliphatic carbocycles. The van der Waals surface area contributed by atoms with Gasteiger partial charge in [-0.2, -0.15) is 0 Å². The Morgan fingerprint density at radius 3 is 2.50 bits per heavy atom. The quantitative estimate of drug-likeness (QED) is 0.782. The maximum Gasteiger partial charge on any atom is 0.312 e. The van der Waals surface area contributed by atoms with Gasteiger partial charge in [0, 0.05) is 25.2 Å². The first-order valence-electron chi connectivity index (χ1n) is 9.32. The number of rotatable bonds is 6. The summed E-state index contributed by atoms with van der Waals surface area (Å²) in [4.78, 5) is 38.5. The van der Waals surface area contributed by atoms with Crippen molar-refractivity contribution in [3.8, 4) is 0 Å². The molecule has 3 rings (SSSR count). The largest absolute Gasteiger partial charge is 0.452 e. The highest BCUT2D eigenvalue weighted by molar-refractivity contribution is 5.95. The van der Waals surface area contributed by atoms with Gasteiger partial charge in [-0.05, 0) is 31.5 Å². The van der Waals surface area contributed by atoms with Gasteiger partial charge in [0.1, 0.15) is 0 Å². The normalized spacial score (nSPS) is 17.3. The van der Waals surface area contributed by atoms with E-state index in [0.29, 0.717) is 18.8 Å². The van der Waals surface area contributed by atoms with Crippen LogP contribution in [0.2, 0.25) is 0 Å². The van der Waals surface area contributed by atoms with E-state index in [2.05, 4.69) is 5.32 Å². The van der Waals surface area contributed by atoms with E-state index in [0.717, 1.165) is 11.1 Å². The Morgan fingerprint density at radius 1 is 1.14 bits per heavy atom. The first-order valence-corrected chi connectivity index (χ1v) is 9.32. The highest BCUT2D eigenvalue weighted by Crippen LogP contribution is 2.22. The Kier molecular flexibility index (Phi) is 6.09. The summed E-state index contributed by atoms with van der Waals surface area (Å²) in [6.45, 7) is 4.26. The fourth-order valence-corrected chi connectivity index (χ4v) is 3.09. The molecule has 2 aromatic carbocycles. The van der Waals surface area contributed by atoms with E-state index in [4.69, 9.17) is 4.74 Å². The maximum absolute atomic E-state index is 12.4. The number of likely N-dealkylation sites (tertiary alicyclic amines) is 1. The number of aryl methyl sites for hydroxylation is 1. The summed E-state index contributed by atoms with van der Waals surface area (Å²) in [7, 11) is 0. The number of nitrogens with zero attached hydrogens (tertiary/aromatic N) is 1. The van der Waals surface area contributed by atoms with E-state index in [1.54, 1.807) is 17.0 Å². The Bertz CT molecular complexity index is 849. The van der Waals surface area contributed by atoms with Crippen molar-refractivity contribution in [2.75, 3.05) is 11.9 Å². The van der Waals surface area contributed by atoms with Crippen LogP contribution < -0.4 is 5.32 Å². The molecule has 1 aliphatic heterocycles. The number of hydrogen-bond donors (Lipinski definition) is 1. The van der Waals surface area contributed by atoms with Gasteiger partial charge < -0.3 is 15.0 Å². The molecule has 1 fully saturated rings. The molecule has 0 unspecified atom stereocenters. The lowest BCUT2D eigenvalue weighted by Crippen LogP contribution is -2.33. The fourth-order valence-electron chi connectivity index (χ4n) is 3.09. The number of carbonyl (C=O) groups excluding carboxylic acids is 3. The molecule has 0 saturated carbocycles. The molecular formula is C22H24N2O4. The van der Waals surface area contributed by atoms with Crippen LogP contribution in [0.3, 0.4) is 0 Å². The maximum atomic E-state index is 12.4. The average Bonchev–Trinajstić information content (AvgIpc) is 3.05. The van der Waals surface area contributed by atoms with Crippen molar-refractivity contribution >= 4 is 23.5 Å². The van der Waals surface area contributed by atoms with Gasteiger partial charge in [-0.1, -0.05) is 48.0 Å². The molecule has 0 spiro atoms. The first kappa shape index (κ1) is 19.6. The summed E-state index contributed by atoms with van der Waals surface area (Å²) in [6, 6.07) is 17.0. The van der Waals surface area contributed by atoms with Crippen molar-refractivity contribution in [2.45, 2.75) is 32.9 Å². The molecule has 1 heterocycles. The molecule has 1 N–H and O–H groups in total. The Labute approximate surface area is 164 Å². The molecule has 2 atom stereocenters. The highest BCUT2D eigenvalue weighted by atomic mass is 16.5. The zero-order valence-electron chi connectivity index (χ0n) is 16.1. The summed E-state index contributed by atoms with van der Waals surface area (Å²) in [5, 5.41) is 2.72. The van der Waals surface area contributed by atoms with E-state index in [9.17, 15) is 14.4 Å². The smallest absolute Gasteiger partial charge is 0.312 e. The van der Waals surface area contributed by atoms with Crippen molar-refractivity contribution in [1.82, 2.24) is 4.90 Å². The van der Waals surface area contributed by atoms with Crippen molar-refractivity contribution in [2.24, 2.45) is 5.92 Å². The van der Waals surface area contributed by atoms with Gasteiger partial charge in [0.15, 0.2) is 6.10 Å². The van der Waals surface area contributed by atoms with E-state index >= 15 is 0 Å². The van der Waals surface area contributed by atoms with Crippen molar-refractivity contribution in [3.63, 3.8) is 0 Å². The third-order valence-electron chi connectivity index (χ3n) is 4.75. The second-order valence-electron chi connectivity index (χ2n) is 7.10. The number of carbonyl (C=O) groups is 3. The van der Waals surface area contributed by atoms with Gasteiger partial charge in [0.2, 0.25) is 5.91 Å². The average molecular weight is 380 g/mol. The van der Waals surface area contributed by atoms with Gasteiger partial charge in [0.05, 0.1) is 5.92 Å². The molecule has 146 valence electrons. The van der Waals surface area contributed by atoms with Crippen LogP contribution in [0.4, 0.5) is 5.69 Å². The molecule has 0 radical (unpaired) electrons. The fraction of sp³-hybridized carbons (Fsp3) is 0.318. The number of anilines is 1. The molecule has 1 saturated heterocycles. The molecule has 0 bridgehead atoms. The third-order valence-corrected chi connectivity index (χ3v) is 4.75. The minimum atomic E-state index is -0.938. The van der Waals surface area contributed by atoms with Gasteiger partial charge in [-0.25, -0.2) is 0 Å². The summed E-state index contributed by atoms with van der Waals surface area (Å²) in [5.41, 5.74) is 2.74. The summed E-state index contributed by atoms with van der Waals surface area (Å²) in [5.74, 6) is -1.55. The van der Waals surface area contributed by atoms with Crippen molar-refractivity contribution in [3.05, 3.63) is 65.7 Å². The van der Waals surface area contributed by atoms with E-state index in [1.807, 2.05) is 49.4 Å². The standard InChI is InChI=1S/C22H24N2O4/c1-15-8-10-19(11-9-15)23-21(26)16(2)28-22(27)18-12-20(25)24(14-18)13-17-6-4-3-5-7-17/h3-11,16,18H,12-14H2,1-2H3,(H,23,26)/t16-,18-/m0/s1. The molecular weight excluding hydrogens is 356 g/mol. The Balaban J connectivity index is 1.51. The lowest BCUT2D eigenvalue weighted by atomic mass is 10.1. The van der Waals surface area contributed by atoms with E-state index in [-0.39, 0.29) is 12.3 Å². The predicted molar refractivity (Wildman–Crippen MR) is 105 cm³/mol. The van der Waals surface area contributed by atoms with Crippen LogP contribution in [0.1, 0.15) is 24.5 Å². The monoisotopic (exact) mass is 380 g/mol. The van der Waals surface area contributed by atoms with Crippen LogP contribution in [0.5, 0.6) is 0 Å². The topological polar surface area (TPSA) is 75.7 Å². The van der Waals surface area contributed by atoms with Gasteiger partial charge in [-0.15, -0.1) is 0 Å². The van der Waals surface area contributed by atoms with Crippen LogP contribution in [0, 0.1) is 12.8 Å². The second-order valence-corrected chi connectivity index (χ2v) is 7.10. The van der Waals surface area contributed by atoms with Crippen LogP contribution in [-0.4, -0.2) is 35.3 Å². The first-order chi connectivity index (χ1) is 13.4. The molecule has 6 nitrogen and oxygen atoms in total. The lowest BCUT2D eigenvalue weighted by molar-refractivity contribution is -0.157. The Hall–Kier alpha value is -3.15. The van der Waals surface area contributed by atoms with Gasteiger partial charge in [0.25, 0.3) is 5.91 Å². The lowest BCUT2D eigenvalue weighted by Gasteiger charge is -2.18. The van der Waals surface area contributed by atoms with Crippen LogP contribution in [0.25, 0.3) is 0 Å². The van der Waals surface area contributed by atoms with Crippen LogP contribution in [-0.2, 0) is 25.7 Å². The summed E-state index contributed by atoms with van der Waals surface area (Å²) < 4.78 is 5.31. The number of amides is 2. The van der Waals surface area contributed by atoms with E-state index in [1.165, 1.54) is 6.92 Å². The van der Waals surface area contributed by atoms with E-state index < -0.39 is 23.9 Å². The predicted octanol–water partition coefficient (Wildman–Crippen LogP) is 2.91. The molecule has 6 heteroatoms. The molecule has 1 aliphatic rings. The Morgan fingerprint density at radius 2 is 1.82 bits per heavy atom. The summed E-state index contributed by atoms with van der Waals surface area (Å²) in [6.07, 6.45) is -0.829. The van der Waals surface area contributed by atoms with Crippen molar-refractivity contribution in [1.29, 1.82) is 0 Å². The molecule has 28 heavy (non-hydrogen) atoms. The summed E-state index contributed by atoms with van der Waals surface area (Å²) >= 11 is 0. The molecule has 2 amide bonds. The van der Waals surface area contributed by atoms with Gasteiger partial charge in [-0.3, -0.25) is 14.4 Å². The highest BCUT2D eigenvalue weighted by Gasteiger charge is 2.36. The number of nitrogens with one attached hydrogen (secondary N) is 1. The third kappa shape index (κ3) is 4.97. The minimum absolute atomic E-state index is 0.0810. The van der Waals surface area contributed by atoms with Gasteiger partial charge >= 0.3 is 5.97 Å². The molecule has 0 aromatic heterocycles. The SMILES string of the molecule is Cc1ccc(NC(=O)[C@H](C)OC(=O)[C@H]2CC(=O)N(Cc3ccccc3)C2)cc1. The number of ether oxygens (including phenoxy) is 1. The second kappa shape index (κ2) is 8.69.